The number of hydrogen-bond donors (Lipinski definition) is 0. The van der Waals surface area contributed by atoms with Crippen molar-refractivity contribution < 1.29 is 13.2 Å². The topological polar surface area (TPSA) is 78.6 Å². The maximum absolute atomic E-state index is 11.8. The van der Waals surface area contributed by atoms with Gasteiger partial charge in [0.25, 0.3) is 0 Å². The Kier molecular flexibility index (Phi) is 7.72. The molecular weight excluding hydrogens is 484 g/mol. The van der Waals surface area contributed by atoms with Crippen LogP contribution in [0.25, 0.3) is 16.6 Å². The second-order valence-corrected chi connectivity index (χ2v) is 11.6. The van der Waals surface area contributed by atoms with Gasteiger partial charge in [0.15, 0.2) is 5.75 Å². The van der Waals surface area contributed by atoms with Gasteiger partial charge >= 0.3 is 0 Å². The molecule has 0 radical (unpaired) electrons. The first-order valence-corrected chi connectivity index (χ1v) is 14.1. The summed E-state index contributed by atoms with van der Waals surface area (Å²) in [6, 6.07) is 14.4. The first-order valence-electron chi connectivity index (χ1n) is 11.8. The van der Waals surface area contributed by atoms with Crippen LogP contribution in [0.2, 0.25) is 5.02 Å². The lowest BCUT2D eigenvalue weighted by molar-refractivity contribution is 0.164. The zero-order valence-electron chi connectivity index (χ0n) is 20.4. The van der Waals surface area contributed by atoms with Crippen LogP contribution in [-0.4, -0.2) is 61.2 Å². The van der Waals surface area contributed by atoms with E-state index in [0.29, 0.717) is 22.9 Å². The van der Waals surface area contributed by atoms with E-state index in [1.54, 1.807) is 7.05 Å². The number of aromatic nitrogens is 1. The lowest BCUT2D eigenvalue weighted by atomic mass is 10.0. The summed E-state index contributed by atoms with van der Waals surface area (Å²) in [6.45, 7) is 5.07. The van der Waals surface area contributed by atoms with E-state index in [1.807, 2.05) is 29.8 Å². The number of ether oxygens (including phenoxy) is 1. The van der Waals surface area contributed by atoms with Gasteiger partial charge in [-0.2, -0.15) is 5.26 Å². The van der Waals surface area contributed by atoms with Crippen LogP contribution >= 0.6 is 11.6 Å². The molecule has 9 heteroatoms. The van der Waals surface area contributed by atoms with Gasteiger partial charge in [0.05, 0.1) is 29.0 Å². The predicted octanol–water partition coefficient (Wildman–Crippen LogP) is 4.80. The molecule has 1 saturated heterocycles. The molecule has 186 valence electrons. The molecular formula is C26H31ClN4O3S. The third kappa shape index (κ3) is 5.65. The Morgan fingerprint density at radius 3 is 2.60 bits per heavy atom. The van der Waals surface area contributed by atoms with Gasteiger partial charge in [-0.05, 0) is 55.2 Å². The Balaban J connectivity index is 1.50. The van der Waals surface area contributed by atoms with Crippen LogP contribution in [0.15, 0.2) is 42.6 Å². The number of likely N-dealkylation sites (tertiary alicyclic amines) is 1. The number of sulfonamides is 1. The molecule has 0 saturated carbocycles. The first-order chi connectivity index (χ1) is 16.7. The van der Waals surface area contributed by atoms with Crippen molar-refractivity contribution in [1.29, 1.82) is 5.26 Å². The van der Waals surface area contributed by atoms with Gasteiger partial charge in [-0.25, -0.2) is 12.7 Å². The lowest BCUT2D eigenvalue weighted by Crippen LogP contribution is -2.44. The number of fused-ring (bicyclic) bond motifs is 1. The van der Waals surface area contributed by atoms with E-state index in [-0.39, 0.29) is 6.04 Å². The normalized spacial score (nSPS) is 15.5. The van der Waals surface area contributed by atoms with Gasteiger partial charge in [0.1, 0.15) is 6.07 Å². The highest BCUT2D eigenvalue weighted by molar-refractivity contribution is 7.88. The second-order valence-electron chi connectivity index (χ2n) is 9.13. The summed E-state index contributed by atoms with van der Waals surface area (Å²) in [4.78, 5) is 2.37. The van der Waals surface area contributed by atoms with Gasteiger partial charge in [0, 0.05) is 50.0 Å². The molecule has 1 aliphatic heterocycles. The van der Waals surface area contributed by atoms with Crippen LogP contribution in [0.4, 0.5) is 0 Å². The number of rotatable bonds is 8. The van der Waals surface area contributed by atoms with Crippen molar-refractivity contribution in [1.82, 2.24) is 13.8 Å². The van der Waals surface area contributed by atoms with Crippen molar-refractivity contribution in [2.75, 3.05) is 33.0 Å². The zero-order valence-corrected chi connectivity index (χ0v) is 21.9. The van der Waals surface area contributed by atoms with E-state index < -0.39 is 10.0 Å². The lowest BCUT2D eigenvalue weighted by Gasteiger charge is -2.35. The van der Waals surface area contributed by atoms with Crippen molar-refractivity contribution >= 4 is 32.5 Å². The van der Waals surface area contributed by atoms with Crippen molar-refractivity contribution in [2.45, 2.75) is 38.8 Å². The second kappa shape index (κ2) is 10.6. The average molecular weight is 515 g/mol. The summed E-state index contributed by atoms with van der Waals surface area (Å²) >= 11 is 6.47. The molecule has 7 nitrogen and oxygen atoms in total. The molecule has 2 aromatic carbocycles. The highest BCUT2D eigenvalue weighted by Gasteiger charge is 2.27. The molecule has 4 rings (SSSR count). The molecule has 0 spiro atoms. The van der Waals surface area contributed by atoms with Gasteiger partial charge in [-0.3, -0.25) is 4.90 Å². The number of nitriles is 1. The summed E-state index contributed by atoms with van der Waals surface area (Å²) in [7, 11) is -1.48. The Bertz CT molecular complexity index is 1350. The van der Waals surface area contributed by atoms with Crippen molar-refractivity contribution in [3.8, 4) is 17.5 Å². The summed E-state index contributed by atoms with van der Waals surface area (Å²) in [5, 5.41) is 11.2. The third-order valence-corrected chi connectivity index (χ3v) is 8.26. The van der Waals surface area contributed by atoms with Gasteiger partial charge in [0.2, 0.25) is 10.0 Å². The summed E-state index contributed by atoms with van der Waals surface area (Å²) in [5.74, 6) is 0.435. The molecule has 1 aliphatic rings. The minimum Gasteiger partial charge on any atom is -0.491 e. The van der Waals surface area contributed by atoms with E-state index in [0.717, 1.165) is 55.5 Å². The van der Waals surface area contributed by atoms with Gasteiger partial charge in [-0.15, -0.1) is 0 Å². The van der Waals surface area contributed by atoms with Crippen LogP contribution in [0.5, 0.6) is 5.75 Å². The number of piperidine rings is 1. The Hall–Kier alpha value is -2.57. The largest absolute Gasteiger partial charge is 0.491 e. The van der Waals surface area contributed by atoms with Crippen molar-refractivity contribution in [3.63, 3.8) is 0 Å². The fraction of sp³-hybridized carbons (Fsp3) is 0.423. The number of halogens is 1. The van der Waals surface area contributed by atoms with Crippen LogP contribution in [0, 0.1) is 11.3 Å². The summed E-state index contributed by atoms with van der Waals surface area (Å²) in [6.07, 6.45) is 5.76. The molecule has 3 aromatic rings. The molecule has 35 heavy (non-hydrogen) atoms. The smallest absolute Gasteiger partial charge is 0.211 e. The van der Waals surface area contributed by atoms with Crippen LogP contribution in [0.1, 0.15) is 37.3 Å². The monoisotopic (exact) mass is 514 g/mol. The predicted molar refractivity (Wildman–Crippen MR) is 140 cm³/mol. The summed E-state index contributed by atoms with van der Waals surface area (Å²) in [5.41, 5.74) is 3.48. The van der Waals surface area contributed by atoms with Crippen LogP contribution < -0.4 is 4.74 Å². The third-order valence-electron chi connectivity index (χ3n) is 6.63. The minimum absolute atomic E-state index is 0.0710. The van der Waals surface area contributed by atoms with E-state index in [1.165, 1.54) is 16.1 Å². The average Bonchev–Trinajstić information content (AvgIpc) is 3.25. The molecule has 1 aromatic heterocycles. The van der Waals surface area contributed by atoms with E-state index in [9.17, 15) is 13.7 Å². The Labute approximate surface area is 212 Å². The summed E-state index contributed by atoms with van der Waals surface area (Å²) < 4.78 is 32.9. The highest BCUT2D eigenvalue weighted by atomic mass is 35.5. The quantitative estimate of drug-likeness (QED) is 0.431. The highest BCUT2D eigenvalue weighted by Crippen LogP contribution is 2.33. The first kappa shape index (κ1) is 25.5. The van der Waals surface area contributed by atoms with E-state index >= 15 is 0 Å². The molecule has 0 unspecified atom stereocenters. The molecule has 0 amide bonds. The molecule has 1 fully saturated rings. The Morgan fingerprint density at radius 2 is 1.94 bits per heavy atom. The van der Waals surface area contributed by atoms with E-state index in [2.05, 4.69) is 35.2 Å². The Morgan fingerprint density at radius 1 is 1.20 bits per heavy atom. The van der Waals surface area contributed by atoms with Gasteiger partial charge < -0.3 is 9.30 Å². The number of nitrogens with zero attached hydrogens (tertiary/aromatic N) is 4. The maximum Gasteiger partial charge on any atom is 0.211 e. The molecule has 2 heterocycles. The maximum atomic E-state index is 11.8. The molecule has 0 bridgehead atoms. The molecule has 0 N–H and O–H groups in total. The standard InChI is InChI=1S/C26H31ClN4O3S/c1-4-13-34-26-21(17-28)15-23(16-24(26)27)31-12-7-20-14-19(5-6-25(20)31)18-30-10-8-22(9-11-30)29(2)35(3,32)33/h5-7,12,14-16,22H,4,8-11,13,18H2,1-3H3. The number of benzene rings is 2. The number of hydrogen-bond acceptors (Lipinski definition) is 5. The zero-order chi connectivity index (χ0) is 25.2. The van der Waals surface area contributed by atoms with Gasteiger partial charge in [-0.1, -0.05) is 24.6 Å². The van der Waals surface area contributed by atoms with E-state index in [4.69, 9.17) is 16.3 Å². The fourth-order valence-electron chi connectivity index (χ4n) is 4.64. The minimum atomic E-state index is -3.16. The molecule has 0 aliphatic carbocycles. The van der Waals surface area contributed by atoms with Crippen molar-refractivity contribution in [3.05, 3.63) is 58.7 Å². The van der Waals surface area contributed by atoms with Crippen LogP contribution in [-0.2, 0) is 16.6 Å². The fourth-order valence-corrected chi connectivity index (χ4v) is 5.66. The molecule has 0 atom stereocenters. The van der Waals surface area contributed by atoms with Crippen molar-refractivity contribution in [2.24, 2.45) is 0 Å². The van der Waals surface area contributed by atoms with Crippen LogP contribution in [0.3, 0.4) is 0 Å². The SMILES string of the molecule is CCCOc1c(Cl)cc(-n2ccc3cc(CN4CCC(N(C)S(C)(=O)=O)CC4)ccc32)cc1C#N.